The van der Waals surface area contributed by atoms with Gasteiger partial charge in [0.25, 0.3) is 5.91 Å². The Morgan fingerprint density at radius 2 is 1.79 bits per heavy atom. The van der Waals surface area contributed by atoms with E-state index in [0.29, 0.717) is 67.1 Å². The van der Waals surface area contributed by atoms with Crippen molar-refractivity contribution >= 4 is 22.7 Å². The largest absolute Gasteiger partial charge is 0.488 e. The van der Waals surface area contributed by atoms with E-state index in [0.717, 1.165) is 11.3 Å². The summed E-state index contributed by atoms with van der Waals surface area (Å²) in [6.45, 7) is 7.88. The Hall–Kier alpha value is -3.27. The van der Waals surface area contributed by atoms with Crippen LogP contribution in [0.2, 0.25) is 0 Å². The van der Waals surface area contributed by atoms with E-state index < -0.39 is 0 Å². The van der Waals surface area contributed by atoms with Crippen LogP contribution >= 0.6 is 0 Å². The molecule has 0 fully saturated rings. The number of aliphatic hydroxyl groups is 2. The van der Waals surface area contributed by atoms with Gasteiger partial charge in [0.15, 0.2) is 17.2 Å². The fraction of sp³-hybridized carbons (Fsp3) is 0.483. The lowest BCUT2D eigenvalue weighted by atomic mass is 10.00. The molecular formula is C29H40N4O5. The van der Waals surface area contributed by atoms with E-state index in [-0.39, 0.29) is 37.4 Å². The molecule has 9 nitrogen and oxygen atoms in total. The average Bonchev–Trinajstić information content (AvgIpc) is 3.16. The zero-order chi connectivity index (χ0) is 27.7. The molecule has 3 rings (SSSR count). The van der Waals surface area contributed by atoms with E-state index in [4.69, 9.17) is 9.72 Å². The van der Waals surface area contributed by atoms with Gasteiger partial charge in [-0.1, -0.05) is 37.3 Å². The quantitative estimate of drug-likeness (QED) is 0.207. The molecule has 1 aromatic carbocycles. The number of aliphatic hydroxyl groups excluding tert-OH is 2. The maximum absolute atomic E-state index is 13.3. The zero-order valence-electron chi connectivity index (χ0n) is 22.9. The Balaban J connectivity index is 1.89. The maximum atomic E-state index is 13.3. The fourth-order valence-corrected chi connectivity index (χ4v) is 4.57. The Labute approximate surface area is 224 Å². The fourth-order valence-electron chi connectivity index (χ4n) is 4.57. The summed E-state index contributed by atoms with van der Waals surface area (Å²) in [6, 6.07) is 11.1. The molecule has 1 amide bonds. The molecule has 0 saturated carbocycles. The van der Waals surface area contributed by atoms with Crippen molar-refractivity contribution in [1.82, 2.24) is 19.8 Å². The molecule has 0 aliphatic rings. The molecule has 3 N–H and O–H groups in total. The smallest absolute Gasteiger partial charge is 0.271 e. The van der Waals surface area contributed by atoms with Crippen LogP contribution in [0.1, 0.15) is 59.3 Å². The van der Waals surface area contributed by atoms with Crippen molar-refractivity contribution in [2.24, 2.45) is 7.05 Å². The molecule has 0 aliphatic heterocycles. The van der Waals surface area contributed by atoms with Gasteiger partial charge in [0.1, 0.15) is 5.65 Å². The minimum atomic E-state index is -0.267. The van der Waals surface area contributed by atoms with Gasteiger partial charge >= 0.3 is 0 Å². The summed E-state index contributed by atoms with van der Waals surface area (Å²) in [7, 11) is 1.80. The second-order valence-corrected chi connectivity index (χ2v) is 9.59. The number of fused-ring (bicyclic) bond motifs is 1. The number of Topliss-reactive ketones (excluding diaryl/α,β-unsaturated/α-hetero) is 1. The van der Waals surface area contributed by atoms with Gasteiger partial charge in [-0.15, -0.1) is 0 Å². The minimum absolute atomic E-state index is 0.0121. The molecule has 0 radical (unpaired) electrons. The Bertz CT molecular complexity index is 1220. The number of rotatable bonds is 15. The number of carbonyl (C=O) groups is 2. The van der Waals surface area contributed by atoms with E-state index in [1.807, 2.05) is 62.1 Å². The summed E-state index contributed by atoms with van der Waals surface area (Å²) >= 11 is 0. The van der Waals surface area contributed by atoms with Crippen molar-refractivity contribution in [2.75, 3.05) is 39.4 Å². The summed E-state index contributed by atoms with van der Waals surface area (Å²) in [5, 5.41) is 22.1. The van der Waals surface area contributed by atoms with Crippen LogP contribution in [0.4, 0.5) is 0 Å². The second-order valence-electron chi connectivity index (χ2n) is 9.59. The van der Waals surface area contributed by atoms with Crippen molar-refractivity contribution < 1.29 is 24.5 Å². The van der Waals surface area contributed by atoms with E-state index in [1.165, 1.54) is 0 Å². The maximum Gasteiger partial charge on any atom is 0.271 e. The SMILES string of the molecule is CCc1nc2c(cc1CC(=O)c1ccccc1)c(OC(C)C)c(C(=O)NCCCN(CCO)CCO)n2C. The lowest BCUT2D eigenvalue weighted by Gasteiger charge is -2.20. The zero-order valence-corrected chi connectivity index (χ0v) is 22.9. The number of ketones is 1. The third kappa shape index (κ3) is 7.18. The first-order chi connectivity index (χ1) is 18.3. The number of ether oxygens (including phenoxy) is 1. The van der Waals surface area contributed by atoms with Crippen LogP contribution in [0.5, 0.6) is 5.75 Å². The highest BCUT2D eigenvalue weighted by molar-refractivity contribution is 6.04. The second kappa shape index (κ2) is 14.0. The molecule has 0 bridgehead atoms. The van der Waals surface area contributed by atoms with Crippen LogP contribution in [0.15, 0.2) is 36.4 Å². The van der Waals surface area contributed by atoms with Crippen LogP contribution in [0.3, 0.4) is 0 Å². The van der Waals surface area contributed by atoms with Crippen molar-refractivity contribution in [3.05, 3.63) is 58.9 Å². The topological polar surface area (TPSA) is 117 Å². The van der Waals surface area contributed by atoms with Crippen LogP contribution in [0, 0.1) is 0 Å². The molecule has 0 spiro atoms. The number of amides is 1. The average molecular weight is 525 g/mol. The summed E-state index contributed by atoms with van der Waals surface area (Å²) in [5.74, 6) is 0.204. The minimum Gasteiger partial charge on any atom is -0.488 e. The van der Waals surface area contributed by atoms with Gasteiger partial charge in [0.05, 0.1) is 24.7 Å². The molecule has 9 heteroatoms. The summed E-state index contributed by atoms with van der Waals surface area (Å²) in [6.07, 6.45) is 1.36. The number of carbonyl (C=O) groups excluding carboxylic acids is 2. The molecule has 0 atom stereocenters. The molecule has 206 valence electrons. The molecule has 2 heterocycles. The Morgan fingerprint density at radius 1 is 1.11 bits per heavy atom. The number of pyridine rings is 1. The highest BCUT2D eigenvalue weighted by atomic mass is 16.5. The lowest BCUT2D eigenvalue weighted by molar-refractivity contribution is 0.0934. The molecule has 38 heavy (non-hydrogen) atoms. The molecule has 2 aromatic heterocycles. The van der Waals surface area contributed by atoms with E-state index in [1.54, 1.807) is 11.6 Å². The summed E-state index contributed by atoms with van der Waals surface area (Å²) in [4.78, 5) is 33.1. The van der Waals surface area contributed by atoms with Gasteiger partial charge in [-0.05, 0) is 44.9 Å². The van der Waals surface area contributed by atoms with E-state index in [9.17, 15) is 19.8 Å². The number of hydrogen-bond donors (Lipinski definition) is 3. The normalized spacial score (nSPS) is 11.5. The van der Waals surface area contributed by atoms with Crippen molar-refractivity contribution in [3.8, 4) is 5.75 Å². The Morgan fingerprint density at radius 3 is 2.39 bits per heavy atom. The number of hydrogen-bond acceptors (Lipinski definition) is 7. The third-order valence-electron chi connectivity index (χ3n) is 6.40. The van der Waals surface area contributed by atoms with Crippen molar-refractivity contribution in [2.45, 2.75) is 46.1 Å². The monoisotopic (exact) mass is 524 g/mol. The van der Waals surface area contributed by atoms with Gasteiger partial charge in [-0.2, -0.15) is 0 Å². The van der Waals surface area contributed by atoms with Gasteiger partial charge in [0, 0.05) is 44.4 Å². The van der Waals surface area contributed by atoms with Crippen LogP contribution in [-0.4, -0.2) is 81.9 Å². The van der Waals surface area contributed by atoms with E-state index in [2.05, 4.69) is 5.32 Å². The van der Waals surface area contributed by atoms with Gasteiger partial charge in [-0.3, -0.25) is 14.5 Å². The predicted octanol–water partition coefficient (Wildman–Crippen LogP) is 2.75. The molecule has 0 saturated heterocycles. The number of aryl methyl sites for hydroxylation is 2. The number of nitrogens with one attached hydrogen (secondary N) is 1. The highest BCUT2D eigenvalue weighted by Gasteiger charge is 2.26. The number of aromatic nitrogens is 2. The molecule has 3 aromatic rings. The first-order valence-corrected chi connectivity index (χ1v) is 13.3. The van der Waals surface area contributed by atoms with Gasteiger partial charge < -0.3 is 24.8 Å². The predicted molar refractivity (Wildman–Crippen MR) is 148 cm³/mol. The van der Waals surface area contributed by atoms with Crippen LogP contribution < -0.4 is 10.1 Å². The van der Waals surface area contributed by atoms with E-state index >= 15 is 0 Å². The third-order valence-corrected chi connectivity index (χ3v) is 6.40. The van der Waals surface area contributed by atoms with Gasteiger partial charge in [0.2, 0.25) is 0 Å². The number of nitrogens with zero attached hydrogens (tertiary/aromatic N) is 3. The standard InChI is InChI=1S/C29H40N4O5/c1-5-24-22(19-25(36)21-10-7-6-8-11-21)18-23-27(38-20(2)3)26(32(4)28(23)31-24)29(37)30-12-9-13-33(14-16-34)15-17-35/h6-8,10-11,18,20,34-35H,5,9,12-17,19H2,1-4H3,(H,30,37). The van der Waals surface area contributed by atoms with Crippen molar-refractivity contribution in [3.63, 3.8) is 0 Å². The van der Waals surface area contributed by atoms with Gasteiger partial charge in [-0.25, -0.2) is 4.98 Å². The van der Waals surface area contributed by atoms with Crippen molar-refractivity contribution in [1.29, 1.82) is 0 Å². The molecular weight excluding hydrogens is 484 g/mol. The summed E-state index contributed by atoms with van der Waals surface area (Å²) < 4.78 is 7.91. The number of benzene rings is 1. The first kappa shape index (κ1) is 29.3. The summed E-state index contributed by atoms with van der Waals surface area (Å²) in [5.41, 5.74) is 3.32. The Kier molecular flexibility index (Phi) is 10.8. The molecule has 0 unspecified atom stereocenters. The molecule has 0 aliphatic carbocycles. The first-order valence-electron chi connectivity index (χ1n) is 13.3. The van der Waals surface area contributed by atoms with Crippen LogP contribution in [-0.2, 0) is 19.9 Å². The lowest BCUT2D eigenvalue weighted by Crippen LogP contribution is -2.34. The highest BCUT2D eigenvalue weighted by Crippen LogP contribution is 2.34. The van der Waals surface area contributed by atoms with Crippen LogP contribution in [0.25, 0.3) is 11.0 Å².